The molecule has 4 saturated carbocycles. The van der Waals surface area contributed by atoms with Crippen LogP contribution in [0.5, 0.6) is 0 Å². The maximum atomic E-state index is 13.6. The predicted octanol–water partition coefficient (Wildman–Crippen LogP) is 4.21. The first-order valence-electron chi connectivity index (χ1n) is 10.1. The van der Waals surface area contributed by atoms with Crippen LogP contribution in [0.1, 0.15) is 56.6 Å². The van der Waals surface area contributed by atoms with Crippen molar-refractivity contribution < 1.29 is 4.79 Å². The predicted molar refractivity (Wildman–Crippen MR) is 100 cm³/mol. The minimum absolute atomic E-state index is 0.0178. The molecule has 0 radical (unpaired) electrons. The Labute approximate surface area is 153 Å². The maximum absolute atomic E-state index is 13.6. The number of nitrogens with two attached hydrogens (primary N) is 1. The molecule has 0 spiro atoms. The van der Waals surface area contributed by atoms with Gasteiger partial charge >= 0.3 is 0 Å². The molecule has 1 unspecified atom stereocenters. The first-order valence-corrected chi connectivity index (χ1v) is 10.1. The van der Waals surface area contributed by atoms with Gasteiger partial charge in [0.25, 0.3) is 0 Å². The van der Waals surface area contributed by atoms with Crippen LogP contribution in [-0.2, 0) is 4.79 Å². The van der Waals surface area contributed by atoms with E-state index < -0.39 is 0 Å². The van der Waals surface area contributed by atoms with Crippen LogP contribution in [0.25, 0.3) is 11.3 Å². The van der Waals surface area contributed by atoms with Crippen LogP contribution >= 0.6 is 0 Å². The van der Waals surface area contributed by atoms with Gasteiger partial charge in [-0.15, -0.1) is 0 Å². The van der Waals surface area contributed by atoms with Crippen molar-refractivity contribution in [1.82, 2.24) is 9.55 Å². The zero-order valence-corrected chi connectivity index (χ0v) is 15.0. The van der Waals surface area contributed by atoms with Gasteiger partial charge in [0, 0.05) is 17.4 Å². The molecule has 4 nitrogen and oxygen atoms in total. The number of carbonyl (C=O) groups is 1. The summed E-state index contributed by atoms with van der Waals surface area (Å²) in [7, 11) is 0. The van der Waals surface area contributed by atoms with E-state index in [1.165, 1.54) is 30.4 Å². The molecule has 1 aromatic carbocycles. The zero-order chi connectivity index (χ0) is 17.5. The summed E-state index contributed by atoms with van der Waals surface area (Å²) in [6.45, 7) is 0. The average molecular weight is 347 g/mol. The lowest BCUT2D eigenvalue weighted by Gasteiger charge is -2.56. The van der Waals surface area contributed by atoms with E-state index >= 15 is 0 Å². The lowest BCUT2D eigenvalue weighted by Crippen LogP contribution is -2.50. The standard InChI is InChI=1S/C22H25N3O/c23-21-24-12-19-17-4-2-1-3-16(17)18(25(19)21)8-20(26)22-9-13-5-14(10-22)7-15(6-13)11-22/h1-4,12-15,18H,5-11H2,(H2,23,24). The molecule has 2 N–H and O–H groups in total. The number of carbonyl (C=O) groups excluding carboxylic acids is 1. The van der Waals surface area contributed by atoms with E-state index in [1.54, 1.807) is 0 Å². The summed E-state index contributed by atoms with van der Waals surface area (Å²) < 4.78 is 2.09. The Morgan fingerprint density at radius 2 is 1.77 bits per heavy atom. The summed E-state index contributed by atoms with van der Waals surface area (Å²) in [5, 5.41) is 0. The maximum Gasteiger partial charge on any atom is 0.201 e. The molecule has 1 atom stereocenters. The van der Waals surface area contributed by atoms with Gasteiger partial charge in [0.05, 0.1) is 17.9 Å². The van der Waals surface area contributed by atoms with Crippen LogP contribution in [-0.4, -0.2) is 15.3 Å². The number of ketones is 1. The molecule has 0 amide bonds. The third-order valence-electron chi connectivity index (χ3n) is 7.74. The number of Topliss-reactive ketones (excluding diaryl/α,β-unsaturated/α-hetero) is 1. The largest absolute Gasteiger partial charge is 0.369 e. The van der Waals surface area contributed by atoms with Crippen LogP contribution in [0.15, 0.2) is 30.5 Å². The number of benzene rings is 1. The number of hydrogen-bond acceptors (Lipinski definition) is 3. The molecule has 2 aromatic rings. The van der Waals surface area contributed by atoms with Gasteiger partial charge in [-0.1, -0.05) is 24.3 Å². The van der Waals surface area contributed by atoms with Crippen LogP contribution in [0.3, 0.4) is 0 Å². The topological polar surface area (TPSA) is 60.9 Å². The highest BCUT2D eigenvalue weighted by Crippen LogP contribution is 2.61. The zero-order valence-electron chi connectivity index (χ0n) is 15.0. The number of nitrogens with zero attached hydrogens (tertiary/aromatic N) is 2. The van der Waals surface area contributed by atoms with E-state index in [0.717, 1.165) is 42.7 Å². The molecule has 2 heterocycles. The number of hydrogen-bond donors (Lipinski definition) is 1. The number of anilines is 1. The van der Waals surface area contributed by atoms with Crippen molar-refractivity contribution in [3.8, 4) is 11.3 Å². The fraction of sp³-hybridized carbons (Fsp3) is 0.545. The van der Waals surface area contributed by atoms with E-state index in [4.69, 9.17) is 5.73 Å². The molecular weight excluding hydrogens is 322 g/mol. The van der Waals surface area contributed by atoms with E-state index in [2.05, 4.69) is 33.8 Å². The number of fused-ring (bicyclic) bond motifs is 3. The van der Waals surface area contributed by atoms with Gasteiger partial charge in [-0.05, 0) is 61.8 Å². The van der Waals surface area contributed by atoms with Gasteiger partial charge in [-0.2, -0.15) is 0 Å². The van der Waals surface area contributed by atoms with Crippen molar-refractivity contribution in [3.05, 3.63) is 36.0 Å². The van der Waals surface area contributed by atoms with Crippen molar-refractivity contribution in [2.45, 2.75) is 51.0 Å². The fourth-order valence-electron chi connectivity index (χ4n) is 7.11. The van der Waals surface area contributed by atoms with E-state index in [1.807, 2.05) is 6.20 Å². The number of rotatable bonds is 3. The quantitative estimate of drug-likeness (QED) is 0.905. The normalized spacial score (nSPS) is 36.2. The van der Waals surface area contributed by atoms with Crippen LogP contribution in [0, 0.1) is 23.2 Å². The molecule has 4 aliphatic carbocycles. The number of aromatic nitrogens is 2. The van der Waals surface area contributed by atoms with E-state index in [-0.39, 0.29) is 11.5 Å². The molecule has 0 saturated heterocycles. The van der Waals surface area contributed by atoms with Crippen molar-refractivity contribution >= 4 is 11.7 Å². The first-order chi connectivity index (χ1) is 12.6. The lowest BCUT2D eigenvalue weighted by atomic mass is 9.48. The van der Waals surface area contributed by atoms with Crippen molar-refractivity contribution in [2.75, 3.05) is 5.73 Å². The summed E-state index contributed by atoms with van der Waals surface area (Å²) in [5.41, 5.74) is 9.61. The van der Waals surface area contributed by atoms with E-state index in [9.17, 15) is 4.79 Å². The molecule has 4 heteroatoms. The second kappa shape index (κ2) is 4.99. The number of imidazole rings is 1. The highest BCUT2D eigenvalue weighted by molar-refractivity contribution is 5.87. The molecule has 1 aliphatic heterocycles. The molecule has 4 fully saturated rings. The van der Waals surface area contributed by atoms with Crippen molar-refractivity contribution in [1.29, 1.82) is 0 Å². The summed E-state index contributed by atoms with van der Waals surface area (Å²) in [4.78, 5) is 17.9. The lowest BCUT2D eigenvalue weighted by molar-refractivity contribution is -0.144. The van der Waals surface area contributed by atoms with Gasteiger partial charge in [-0.3, -0.25) is 4.79 Å². The third-order valence-corrected chi connectivity index (χ3v) is 7.74. The Morgan fingerprint density at radius 1 is 1.12 bits per heavy atom. The molecule has 1 aromatic heterocycles. The Kier molecular flexibility index (Phi) is 2.88. The summed E-state index contributed by atoms with van der Waals surface area (Å²) in [5.74, 6) is 3.41. The van der Waals surface area contributed by atoms with Gasteiger partial charge in [0.15, 0.2) is 0 Å². The number of nitrogen functional groups attached to an aromatic ring is 1. The third kappa shape index (κ3) is 1.90. The van der Waals surface area contributed by atoms with Crippen LogP contribution in [0.4, 0.5) is 5.95 Å². The summed E-state index contributed by atoms with van der Waals surface area (Å²) in [6.07, 6.45) is 9.95. The Balaban J connectivity index is 1.36. The Hall–Kier alpha value is -2.10. The van der Waals surface area contributed by atoms with Crippen molar-refractivity contribution in [2.24, 2.45) is 23.2 Å². The monoisotopic (exact) mass is 347 g/mol. The highest BCUT2D eigenvalue weighted by Gasteiger charge is 2.54. The first kappa shape index (κ1) is 15.0. The smallest absolute Gasteiger partial charge is 0.201 e. The summed E-state index contributed by atoms with van der Waals surface area (Å²) in [6, 6.07) is 8.41. The van der Waals surface area contributed by atoms with Gasteiger partial charge in [-0.25, -0.2) is 4.98 Å². The van der Waals surface area contributed by atoms with Gasteiger partial charge in [0.2, 0.25) is 5.95 Å². The fourth-order valence-corrected chi connectivity index (χ4v) is 7.11. The average Bonchev–Trinajstić information content (AvgIpc) is 3.13. The molecule has 4 bridgehead atoms. The molecule has 5 aliphatic rings. The van der Waals surface area contributed by atoms with Crippen molar-refractivity contribution in [3.63, 3.8) is 0 Å². The van der Waals surface area contributed by atoms with Crippen LogP contribution < -0.4 is 5.73 Å². The SMILES string of the molecule is Nc1ncc2n1C(CC(=O)C13CC4CC(CC(C4)C1)C3)c1ccccc1-2. The summed E-state index contributed by atoms with van der Waals surface area (Å²) >= 11 is 0. The van der Waals surface area contributed by atoms with Gasteiger partial charge in [0.1, 0.15) is 5.78 Å². The Bertz CT molecular complexity index is 877. The minimum atomic E-state index is -0.0399. The Morgan fingerprint density at radius 3 is 2.46 bits per heavy atom. The molecular formula is C22H25N3O. The highest BCUT2D eigenvalue weighted by atomic mass is 16.1. The van der Waals surface area contributed by atoms with Gasteiger partial charge < -0.3 is 10.3 Å². The molecule has 26 heavy (non-hydrogen) atoms. The second-order valence-corrected chi connectivity index (χ2v) is 9.30. The molecule has 134 valence electrons. The van der Waals surface area contributed by atoms with Crippen LogP contribution in [0.2, 0.25) is 0 Å². The van der Waals surface area contributed by atoms with E-state index in [0.29, 0.717) is 18.2 Å². The molecule has 7 rings (SSSR count). The minimum Gasteiger partial charge on any atom is -0.369 e. The second-order valence-electron chi connectivity index (χ2n) is 9.30.